The first-order chi connectivity index (χ1) is 8.65. The van der Waals surface area contributed by atoms with Gasteiger partial charge in [-0.3, -0.25) is 0 Å². The molecule has 1 aromatic heterocycles. The molecule has 0 saturated heterocycles. The second kappa shape index (κ2) is 5.14. The number of rotatable bonds is 3. The summed E-state index contributed by atoms with van der Waals surface area (Å²) < 4.78 is 22.5. The highest BCUT2D eigenvalue weighted by molar-refractivity contribution is 7.09. The van der Waals surface area contributed by atoms with E-state index >= 15 is 0 Å². The van der Waals surface area contributed by atoms with Gasteiger partial charge >= 0.3 is 5.97 Å². The smallest absolute Gasteiger partial charge is 0.352 e. The lowest BCUT2D eigenvalue weighted by Gasteiger charge is -2.02. The van der Waals surface area contributed by atoms with Gasteiger partial charge in [0, 0.05) is 5.56 Å². The fourth-order valence-electron chi connectivity index (χ4n) is 1.49. The molecule has 2 rings (SSSR count). The SMILES string of the molecule is CCOC(=O)c1snc(-c2ccccc2F)c1N. The molecule has 1 aromatic carbocycles. The Hall–Kier alpha value is -1.95. The van der Waals surface area contributed by atoms with Crippen molar-refractivity contribution in [2.75, 3.05) is 12.3 Å². The van der Waals surface area contributed by atoms with E-state index in [0.29, 0.717) is 0 Å². The van der Waals surface area contributed by atoms with Crippen molar-refractivity contribution in [1.29, 1.82) is 0 Å². The minimum absolute atomic E-state index is 0.156. The fraction of sp³-hybridized carbons (Fsp3) is 0.167. The van der Waals surface area contributed by atoms with Crippen LogP contribution in [0.1, 0.15) is 16.6 Å². The highest BCUT2D eigenvalue weighted by Crippen LogP contribution is 2.32. The number of aromatic nitrogens is 1. The van der Waals surface area contributed by atoms with Crippen LogP contribution in [0.3, 0.4) is 0 Å². The van der Waals surface area contributed by atoms with Crippen LogP contribution in [-0.4, -0.2) is 16.9 Å². The Bertz CT molecular complexity index is 583. The summed E-state index contributed by atoms with van der Waals surface area (Å²) in [6.45, 7) is 1.96. The van der Waals surface area contributed by atoms with Crippen LogP contribution in [0.15, 0.2) is 24.3 Å². The highest BCUT2D eigenvalue weighted by atomic mass is 32.1. The lowest BCUT2D eigenvalue weighted by atomic mass is 10.1. The Morgan fingerprint density at radius 2 is 2.22 bits per heavy atom. The van der Waals surface area contributed by atoms with Crippen LogP contribution in [0.5, 0.6) is 0 Å². The number of esters is 1. The van der Waals surface area contributed by atoms with Crippen molar-refractivity contribution in [1.82, 2.24) is 4.37 Å². The molecule has 0 saturated carbocycles. The van der Waals surface area contributed by atoms with Gasteiger partial charge in [0.1, 0.15) is 11.5 Å². The predicted octanol–water partition coefficient (Wildman–Crippen LogP) is 2.71. The van der Waals surface area contributed by atoms with Crippen LogP contribution in [0.25, 0.3) is 11.3 Å². The summed E-state index contributed by atoms with van der Waals surface area (Å²) in [5, 5.41) is 0. The van der Waals surface area contributed by atoms with Crippen LogP contribution in [0, 0.1) is 5.82 Å². The van der Waals surface area contributed by atoms with E-state index < -0.39 is 11.8 Å². The number of nitrogens with two attached hydrogens (primary N) is 1. The summed E-state index contributed by atoms with van der Waals surface area (Å²) >= 11 is 0.912. The zero-order chi connectivity index (χ0) is 13.1. The molecule has 1 heterocycles. The maximum Gasteiger partial charge on any atom is 0.352 e. The van der Waals surface area contributed by atoms with Crippen LogP contribution in [-0.2, 0) is 4.74 Å². The van der Waals surface area contributed by atoms with Crippen molar-refractivity contribution < 1.29 is 13.9 Å². The van der Waals surface area contributed by atoms with E-state index in [0.717, 1.165) is 11.5 Å². The first-order valence-electron chi connectivity index (χ1n) is 5.32. The van der Waals surface area contributed by atoms with Gasteiger partial charge in [-0.25, -0.2) is 9.18 Å². The van der Waals surface area contributed by atoms with Gasteiger partial charge in [-0.15, -0.1) is 0 Å². The molecule has 0 radical (unpaired) electrons. The Balaban J connectivity index is 2.43. The molecule has 0 aliphatic carbocycles. The summed E-state index contributed by atoms with van der Waals surface area (Å²) in [6.07, 6.45) is 0. The van der Waals surface area contributed by atoms with Crippen molar-refractivity contribution >= 4 is 23.2 Å². The second-order valence-corrected chi connectivity index (χ2v) is 4.25. The first-order valence-corrected chi connectivity index (χ1v) is 6.09. The summed E-state index contributed by atoms with van der Waals surface area (Å²) in [4.78, 5) is 11.8. The summed E-state index contributed by atoms with van der Waals surface area (Å²) in [5.74, 6) is -0.958. The molecular weight excluding hydrogens is 255 g/mol. The molecule has 4 nitrogen and oxygen atoms in total. The number of anilines is 1. The van der Waals surface area contributed by atoms with E-state index in [1.54, 1.807) is 25.1 Å². The molecule has 6 heteroatoms. The molecule has 2 aromatic rings. The standard InChI is InChI=1S/C12H11FN2O2S/c1-2-17-12(16)11-9(14)10(15-18-11)7-5-3-4-6-8(7)13/h3-6H,2,14H2,1H3. The van der Waals surface area contributed by atoms with Crippen molar-refractivity contribution in [3.8, 4) is 11.3 Å². The van der Waals surface area contributed by atoms with E-state index in [1.165, 1.54) is 6.07 Å². The van der Waals surface area contributed by atoms with E-state index in [1.807, 2.05) is 0 Å². The summed E-state index contributed by atoms with van der Waals surface area (Å²) in [5.41, 5.74) is 6.53. The van der Waals surface area contributed by atoms with Gasteiger partial charge < -0.3 is 10.5 Å². The van der Waals surface area contributed by atoms with Gasteiger partial charge in [0.15, 0.2) is 4.88 Å². The third-order valence-electron chi connectivity index (χ3n) is 2.32. The van der Waals surface area contributed by atoms with Gasteiger partial charge in [0.2, 0.25) is 0 Å². The summed E-state index contributed by atoms with van der Waals surface area (Å²) in [6, 6.07) is 6.14. The number of nitrogens with zero attached hydrogens (tertiary/aromatic N) is 1. The van der Waals surface area contributed by atoms with Crippen LogP contribution in [0.2, 0.25) is 0 Å². The first kappa shape index (κ1) is 12.5. The third-order valence-corrected chi connectivity index (χ3v) is 3.16. The van der Waals surface area contributed by atoms with E-state index in [9.17, 15) is 9.18 Å². The number of carbonyl (C=O) groups excluding carboxylic acids is 1. The van der Waals surface area contributed by atoms with Crippen LogP contribution in [0.4, 0.5) is 10.1 Å². The van der Waals surface area contributed by atoms with E-state index in [-0.39, 0.29) is 28.4 Å². The molecule has 0 atom stereocenters. The molecule has 0 aliphatic heterocycles. The number of halogens is 1. The number of benzene rings is 1. The zero-order valence-electron chi connectivity index (χ0n) is 9.64. The minimum Gasteiger partial charge on any atom is -0.462 e. The lowest BCUT2D eigenvalue weighted by Crippen LogP contribution is -2.05. The monoisotopic (exact) mass is 266 g/mol. The molecule has 2 N–H and O–H groups in total. The van der Waals surface area contributed by atoms with Gasteiger partial charge in [0.25, 0.3) is 0 Å². The van der Waals surface area contributed by atoms with Crippen LogP contribution < -0.4 is 5.73 Å². The Morgan fingerprint density at radius 3 is 2.89 bits per heavy atom. The van der Waals surface area contributed by atoms with Gasteiger partial charge in [-0.1, -0.05) is 12.1 Å². The van der Waals surface area contributed by atoms with E-state index in [4.69, 9.17) is 10.5 Å². The van der Waals surface area contributed by atoms with Gasteiger partial charge in [-0.2, -0.15) is 4.37 Å². The van der Waals surface area contributed by atoms with Crippen LogP contribution >= 0.6 is 11.5 Å². The minimum atomic E-state index is -0.532. The predicted molar refractivity (Wildman–Crippen MR) is 67.9 cm³/mol. The summed E-state index contributed by atoms with van der Waals surface area (Å²) in [7, 11) is 0. The maximum atomic E-state index is 13.6. The Morgan fingerprint density at radius 1 is 1.50 bits per heavy atom. The molecule has 0 aliphatic rings. The quantitative estimate of drug-likeness (QED) is 0.867. The molecular formula is C12H11FN2O2S. The Kier molecular flexibility index (Phi) is 3.57. The molecule has 0 amide bonds. The Labute approximate surface area is 107 Å². The normalized spacial score (nSPS) is 10.3. The highest BCUT2D eigenvalue weighted by Gasteiger charge is 2.20. The molecule has 0 unspecified atom stereocenters. The number of carbonyl (C=O) groups is 1. The van der Waals surface area contributed by atoms with Crippen molar-refractivity contribution in [3.05, 3.63) is 35.0 Å². The molecule has 0 fully saturated rings. The van der Waals surface area contributed by atoms with Gasteiger partial charge in [0.05, 0.1) is 12.3 Å². The number of nitrogen functional groups attached to an aromatic ring is 1. The molecule has 18 heavy (non-hydrogen) atoms. The van der Waals surface area contributed by atoms with Gasteiger partial charge in [-0.05, 0) is 30.6 Å². The van der Waals surface area contributed by atoms with Crippen molar-refractivity contribution in [2.45, 2.75) is 6.92 Å². The fourth-order valence-corrected chi connectivity index (χ4v) is 2.20. The number of hydrogen-bond donors (Lipinski definition) is 1. The number of hydrogen-bond acceptors (Lipinski definition) is 5. The maximum absolute atomic E-state index is 13.6. The molecule has 0 bridgehead atoms. The average molecular weight is 266 g/mol. The van der Waals surface area contributed by atoms with E-state index in [2.05, 4.69) is 4.37 Å². The third kappa shape index (κ3) is 2.19. The number of ether oxygens (including phenoxy) is 1. The second-order valence-electron chi connectivity index (χ2n) is 3.47. The molecule has 94 valence electrons. The largest absolute Gasteiger partial charge is 0.462 e. The van der Waals surface area contributed by atoms with Crippen molar-refractivity contribution in [2.24, 2.45) is 0 Å². The zero-order valence-corrected chi connectivity index (χ0v) is 10.5. The lowest BCUT2D eigenvalue weighted by molar-refractivity contribution is 0.0533. The average Bonchev–Trinajstić information content (AvgIpc) is 2.72. The van der Waals surface area contributed by atoms with Crippen molar-refractivity contribution in [3.63, 3.8) is 0 Å². The molecule has 0 spiro atoms. The topological polar surface area (TPSA) is 65.2 Å².